The van der Waals surface area contributed by atoms with Gasteiger partial charge in [-0.3, -0.25) is 4.79 Å². The highest BCUT2D eigenvalue weighted by Gasteiger charge is 2.32. The van der Waals surface area contributed by atoms with Crippen LogP contribution in [0.15, 0.2) is 18.2 Å². The molecule has 0 aliphatic carbocycles. The van der Waals surface area contributed by atoms with Crippen molar-refractivity contribution < 1.29 is 17.7 Å². The second-order valence-electron chi connectivity index (χ2n) is 3.17. The molecular weight excluding hydrogens is 194 g/mol. The lowest BCUT2D eigenvalue weighted by Crippen LogP contribution is -2.36. The van der Waals surface area contributed by atoms with E-state index in [-0.39, 0.29) is 23.6 Å². The van der Waals surface area contributed by atoms with E-state index < -0.39 is 12.4 Å². The first kappa shape index (κ1) is 9.11. The van der Waals surface area contributed by atoms with Crippen LogP contribution in [0.3, 0.4) is 0 Å². The lowest BCUT2D eigenvalue weighted by molar-refractivity contribution is -0.115. The van der Waals surface area contributed by atoms with Crippen molar-refractivity contribution in [1.29, 1.82) is 0 Å². The van der Waals surface area contributed by atoms with Gasteiger partial charge in [0.2, 0.25) is 5.91 Å². The molecule has 1 N–H and O–H groups in total. The normalized spacial score (nSPS) is 15.2. The Morgan fingerprint density at radius 3 is 2.64 bits per heavy atom. The van der Waals surface area contributed by atoms with E-state index in [4.69, 9.17) is 0 Å². The molecule has 0 atom stereocenters. The molecule has 14 heavy (non-hydrogen) atoms. The van der Waals surface area contributed by atoms with Gasteiger partial charge in [-0.15, -0.1) is 5.46 Å². The minimum Gasteiger partial charge on any atom is -0.445 e. The molecule has 0 bridgehead atoms. The van der Waals surface area contributed by atoms with E-state index >= 15 is 0 Å². The molecule has 2 nitrogen and oxygen atoms in total. The topological polar surface area (TPSA) is 29.1 Å². The summed E-state index contributed by atoms with van der Waals surface area (Å²) in [6, 6.07) is 3.79. The molecule has 74 valence electrons. The average molecular weight is 200 g/mol. The summed E-state index contributed by atoms with van der Waals surface area (Å²) in [5.74, 6) is -0.382. The third-order valence-electron chi connectivity index (χ3n) is 2.18. The van der Waals surface area contributed by atoms with E-state index in [2.05, 4.69) is 5.32 Å². The number of anilines is 1. The Hall–Kier alpha value is -1.46. The fourth-order valence-electron chi connectivity index (χ4n) is 1.58. The van der Waals surface area contributed by atoms with Gasteiger partial charge >= 0.3 is 6.98 Å². The SMILES string of the molecule is O=C1Cc2c(cccc2[B-](F)(F)F)N1. The molecule has 0 radical (unpaired) electrons. The molecule has 0 saturated heterocycles. The van der Waals surface area contributed by atoms with Crippen LogP contribution in [0.25, 0.3) is 0 Å². The Balaban J connectivity index is 2.55. The summed E-state index contributed by atoms with van der Waals surface area (Å²) in [6.45, 7) is -5.03. The molecule has 1 heterocycles. The summed E-state index contributed by atoms with van der Waals surface area (Å²) in [5.41, 5.74) is -0.308. The van der Waals surface area contributed by atoms with Crippen LogP contribution >= 0.6 is 0 Å². The Morgan fingerprint density at radius 1 is 1.29 bits per heavy atom. The molecule has 1 amide bonds. The second-order valence-corrected chi connectivity index (χ2v) is 3.17. The Bertz CT molecular complexity index is 402. The molecule has 1 aliphatic rings. The smallest absolute Gasteiger partial charge is 0.445 e. The van der Waals surface area contributed by atoms with Crippen LogP contribution in [-0.2, 0) is 11.2 Å². The molecular formula is C8H6BF3NO-. The van der Waals surface area contributed by atoms with Gasteiger partial charge in [0.05, 0.1) is 6.42 Å². The van der Waals surface area contributed by atoms with Crippen LogP contribution < -0.4 is 10.8 Å². The zero-order valence-electron chi connectivity index (χ0n) is 7.06. The number of rotatable bonds is 1. The molecule has 0 fully saturated rings. The number of carbonyl (C=O) groups excluding carboxylic acids is 1. The maximum Gasteiger partial charge on any atom is 0.509 e. The van der Waals surface area contributed by atoms with E-state index in [1.54, 1.807) is 0 Å². The Kier molecular flexibility index (Phi) is 1.80. The van der Waals surface area contributed by atoms with Crippen molar-refractivity contribution in [2.75, 3.05) is 5.32 Å². The second kappa shape index (κ2) is 2.77. The minimum atomic E-state index is -5.03. The number of amides is 1. The van der Waals surface area contributed by atoms with Gasteiger partial charge in [0.25, 0.3) is 0 Å². The van der Waals surface area contributed by atoms with Gasteiger partial charge < -0.3 is 18.3 Å². The average Bonchev–Trinajstić information content (AvgIpc) is 2.41. The van der Waals surface area contributed by atoms with Gasteiger partial charge in [-0.05, 0) is 11.6 Å². The third kappa shape index (κ3) is 1.36. The zero-order valence-corrected chi connectivity index (χ0v) is 7.06. The largest absolute Gasteiger partial charge is 0.509 e. The van der Waals surface area contributed by atoms with Crippen molar-refractivity contribution in [2.45, 2.75) is 6.42 Å². The molecule has 1 aromatic rings. The molecule has 1 aromatic carbocycles. The van der Waals surface area contributed by atoms with Crippen LogP contribution in [0.5, 0.6) is 0 Å². The van der Waals surface area contributed by atoms with E-state index in [1.165, 1.54) is 12.1 Å². The van der Waals surface area contributed by atoms with Crippen molar-refractivity contribution in [3.8, 4) is 0 Å². The van der Waals surface area contributed by atoms with E-state index in [0.29, 0.717) is 0 Å². The van der Waals surface area contributed by atoms with Crippen LogP contribution in [0.1, 0.15) is 5.56 Å². The van der Waals surface area contributed by atoms with Gasteiger partial charge in [0, 0.05) is 5.69 Å². The number of hydrogen-bond donors (Lipinski definition) is 1. The summed E-state index contributed by atoms with van der Waals surface area (Å²) in [7, 11) is 0. The standard InChI is InChI=1S/C8H6BF3NO/c10-9(11,12)6-2-1-3-7-5(6)4-8(14)13-7/h1-3H,4H2,(H,13,14)/q-1. The number of carbonyl (C=O) groups is 1. The summed E-state index contributed by atoms with van der Waals surface area (Å²) >= 11 is 0. The Morgan fingerprint density at radius 2 is 2.00 bits per heavy atom. The highest BCUT2D eigenvalue weighted by molar-refractivity contribution is 6.74. The summed E-state index contributed by atoms with van der Waals surface area (Å²) in [6.07, 6.45) is -0.174. The third-order valence-corrected chi connectivity index (χ3v) is 2.18. The fourth-order valence-corrected chi connectivity index (χ4v) is 1.58. The van der Waals surface area contributed by atoms with E-state index in [9.17, 15) is 17.7 Å². The first-order valence-electron chi connectivity index (χ1n) is 4.10. The molecule has 0 saturated carbocycles. The van der Waals surface area contributed by atoms with E-state index in [1.807, 2.05) is 0 Å². The maximum absolute atomic E-state index is 12.5. The predicted molar refractivity (Wildman–Crippen MR) is 47.5 cm³/mol. The quantitative estimate of drug-likeness (QED) is 0.678. The van der Waals surface area contributed by atoms with Crippen LogP contribution in [0.2, 0.25) is 0 Å². The number of nitrogens with one attached hydrogen (secondary N) is 1. The van der Waals surface area contributed by atoms with Gasteiger partial charge in [-0.2, -0.15) is 0 Å². The molecule has 2 rings (SSSR count). The summed E-state index contributed by atoms with van der Waals surface area (Å²) < 4.78 is 37.5. The van der Waals surface area contributed by atoms with Gasteiger partial charge in [0.1, 0.15) is 0 Å². The van der Waals surface area contributed by atoms with Gasteiger partial charge in [-0.1, -0.05) is 12.1 Å². The van der Waals surface area contributed by atoms with Crippen molar-refractivity contribution in [1.82, 2.24) is 0 Å². The fraction of sp³-hybridized carbons (Fsp3) is 0.125. The number of benzene rings is 1. The summed E-state index contributed by atoms with van der Waals surface area (Å²) in [4.78, 5) is 10.9. The van der Waals surface area contributed by atoms with Crippen LogP contribution in [0.4, 0.5) is 18.6 Å². The predicted octanol–water partition coefficient (Wildman–Crippen LogP) is 1.24. The number of halogens is 3. The zero-order chi connectivity index (χ0) is 10.3. The first-order chi connectivity index (χ1) is 6.48. The number of fused-ring (bicyclic) bond motifs is 1. The van der Waals surface area contributed by atoms with Crippen LogP contribution in [0, 0.1) is 0 Å². The van der Waals surface area contributed by atoms with Crippen molar-refractivity contribution in [3.05, 3.63) is 23.8 Å². The molecule has 1 aliphatic heterocycles. The minimum absolute atomic E-state index is 0.0741. The first-order valence-corrected chi connectivity index (χ1v) is 4.10. The van der Waals surface area contributed by atoms with Crippen LogP contribution in [-0.4, -0.2) is 12.9 Å². The van der Waals surface area contributed by atoms with Crippen molar-refractivity contribution >= 4 is 24.0 Å². The maximum atomic E-state index is 12.5. The highest BCUT2D eigenvalue weighted by Crippen LogP contribution is 2.24. The lowest BCUT2D eigenvalue weighted by Gasteiger charge is -2.17. The highest BCUT2D eigenvalue weighted by atomic mass is 19.4. The van der Waals surface area contributed by atoms with Gasteiger partial charge in [-0.25, -0.2) is 0 Å². The molecule has 0 aromatic heterocycles. The van der Waals surface area contributed by atoms with Crippen molar-refractivity contribution in [2.24, 2.45) is 0 Å². The Labute approximate surface area is 78.2 Å². The summed E-state index contributed by atoms with van der Waals surface area (Å²) in [5, 5.41) is 2.38. The lowest BCUT2D eigenvalue weighted by atomic mass is 9.76. The molecule has 0 spiro atoms. The monoisotopic (exact) mass is 200 g/mol. The van der Waals surface area contributed by atoms with E-state index in [0.717, 1.165) is 6.07 Å². The molecule has 6 heteroatoms. The van der Waals surface area contributed by atoms with Crippen molar-refractivity contribution in [3.63, 3.8) is 0 Å². The van der Waals surface area contributed by atoms with Gasteiger partial charge in [0.15, 0.2) is 0 Å². The number of hydrogen-bond acceptors (Lipinski definition) is 1. The molecule has 0 unspecified atom stereocenters.